The molecular weight excluding hydrogens is 312 g/mol. The van der Waals surface area contributed by atoms with Crippen molar-refractivity contribution in [2.75, 3.05) is 0 Å². The number of hydrogen-bond donors (Lipinski definition) is 0. The van der Waals surface area contributed by atoms with E-state index >= 15 is 0 Å². The number of hydrogen-bond acceptors (Lipinski definition) is 0. The maximum atomic E-state index is 12.5. The summed E-state index contributed by atoms with van der Waals surface area (Å²) in [4.78, 5) is 0. The lowest BCUT2D eigenvalue weighted by Gasteiger charge is -2.37. The van der Waals surface area contributed by atoms with Gasteiger partial charge >= 0.3 is 36.0 Å². The molecule has 0 rings (SSSR count). The van der Waals surface area contributed by atoms with Crippen molar-refractivity contribution >= 4 is 0 Å². The molecule has 0 aromatic rings. The summed E-state index contributed by atoms with van der Waals surface area (Å²) in [6, 6.07) is 0. The molecule has 0 amide bonds. The Morgan fingerprint density at radius 1 is 0.579 bits per heavy atom. The third kappa shape index (κ3) is 2.33. The molecule has 0 heterocycles. The summed E-state index contributed by atoms with van der Waals surface area (Å²) < 4.78 is 146. The minimum atomic E-state index is -7.43. The van der Waals surface area contributed by atoms with Gasteiger partial charge in [0.15, 0.2) is 0 Å². The van der Waals surface area contributed by atoms with Crippen LogP contribution in [0, 0.1) is 6.43 Å². The molecule has 0 N–H and O–H groups in total. The van der Waals surface area contributed by atoms with Gasteiger partial charge < -0.3 is 0 Å². The maximum Gasteiger partial charge on any atom is 0.385 e. The lowest BCUT2D eigenvalue weighted by atomic mass is 9.95. The first-order valence-corrected chi connectivity index (χ1v) is 4.02. The van der Waals surface area contributed by atoms with Gasteiger partial charge in [-0.25, -0.2) is 0 Å². The summed E-state index contributed by atoms with van der Waals surface area (Å²) in [5.41, 5.74) is 0. The number of halogens is 12. The van der Waals surface area contributed by atoms with Crippen LogP contribution in [-0.2, 0) is 0 Å². The van der Waals surface area contributed by atoms with Crippen molar-refractivity contribution in [1.29, 1.82) is 0 Å². The Morgan fingerprint density at radius 2 is 0.895 bits per heavy atom. The van der Waals surface area contributed by atoms with E-state index < -0.39 is 43.0 Å². The average Bonchev–Trinajstić information content (AvgIpc) is 2.14. The molecule has 0 saturated carbocycles. The van der Waals surface area contributed by atoms with Crippen molar-refractivity contribution in [2.24, 2.45) is 0 Å². The minimum absolute atomic E-state index is 0.954. The van der Waals surface area contributed by atoms with Crippen LogP contribution in [0.3, 0.4) is 0 Å². The largest absolute Gasteiger partial charge is 0.385 e. The first-order valence-electron chi connectivity index (χ1n) is 4.02. The predicted molar refractivity (Wildman–Crippen MR) is 35.9 cm³/mol. The van der Waals surface area contributed by atoms with E-state index in [4.69, 9.17) is 0 Å². The monoisotopic (exact) mass is 315 g/mol. The SMILES string of the molecule is CC(F)(F)C(F)(F)C(F)(F)C(F)(F)C(F)(F)[C](F)F. The molecule has 0 nitrogen and oxygen atoms in total. The van der Waals surface area contributed by atoms with Gasteiger partial charge in [-0.05, 0) is 0 Å². The van der Waals surface area contributed by atoms with Crippen LogP contribution in [0.5, 0.6) is 0 Å². The van der Waals surface area contributed by atoms with Gasteiger partial charge in [-0.1, -0.05) is 0 Å². The molecule has 0 aliphatic carbocycles. The van der Waals surface area contributed by atoms with E-state index in [1.54, 1.807) is 0 Å². The molecule has 0 aromatic heterocycles. The quantitative estimate of drug-likeness (QED) is 0.650. The van der Waals surface area contributed by atoms with E-state index in [1.807, 2.05) is 0 Å². The highest BCUT2D eigenvalue weighted by Gasteiger charge is 2.87. The molecule has 0 spiro atoms. The Morgan fingerprint density at radius 3 is 1.11 bits per heavy atom. The fourth-order valence-electron chi connectivity index (χ4n) is 0.789. The second-order valence-electron chi connectivity index (χ2n) is 3.45. The highest BCUT2D eigenvalue weighted by atomic mass is 19.4. The fourth-order valence-corrected chi connectivity index (χ4v) is 0.789. The molecule has 12 heteroatoms. The molecule has 0 unspecified atom stereocenters. The van der Waals surface area contributed by atoms with E-state index in [9.17, 15) is 52.7 Å². The lowest BCUT2D eigenvalue weighted by molar-refractivity contribution is -0.401. The Hall–Kier alpha value is -0.840. The molecule has 0 aromatic carbocycles. The smallest absolute Gasteiger partial charge is 0.200 e. The van der Waals surface area contributed by atoms with Gasteiger partial charge in [0.25, 0.3) is 0 Å². The van der Waals surface area contributed by atoms with Gasteiger partial charge in [0.2, 0.25) is 0 Å². The van der Waals surface area contributed by atoms with Crippen molar-refractivity contribution in [3.8, 4) is 0 Å². The summed E-state index contributed by atoms with van der Waals surface area (Å²) in [7, 11) is 0. The number of rotatable bonds is 5. The molecule has 0 saturated heterocycles. The fraction of sp³-hybridized carbons (Fsp3) is 0.857. The second kappa shape index (κ2) is 4.33. The number of alkyl halides is 10. The molecule has 0 atom stereocenters. The van der Waals surface area contributed by atoms with Crippen LogP contribution in [-0.4, -0.2) is 29.6 Å². The molecule has 19 heavy (non-hydrogen) atoms. The van der Waals surface area contributed by atoms with E-state index in [-0.39, 0.29) is 0 Å². The predicted octanol–water partition coefficient (Wildman–Crippen LogP) is 4.61. The minimum Gasteiger partial charge on any atom is -0.200 e. The Bertz CT molecular complexity index is 323. The first kappa shape index (κ1) is 18.2. The van der Waals surface area contributed by atoms with Crippen LogP contribution >= 0.6 is 0 Å². The van der Waals surface area contributed by atoms with Crippen molar-refractivity contribution in [2.45, 2.75) is 36.5 Å². The lowest BCUT2D eigenvalue weighted by Crippen LogP contribution is -2.67. The first-order chi connectivity index (χ1) is 7.94. The summed E-state index contributed by atoms with van der Waals surface area (Å²) in [5, 5.41) is 0. The zero-order valence-electron chi connectivity index (χ0n) is 8.54. The van der Waals surface area contributed by atoms with Crippen LogP contribution < -0.4 is 0 Å². The van der Waals surface area contributed by atoms with E-state index in [0.29, 0.717) is 0 Å². The highest BCUT2D eigenvalue weighted by Crippen LogP contribution is 2.58. The van der Waals surface area contributed by atoms with E-state index in [2.05, 4.69) is 0 Å². The molecule has 0 aliphatic rings. The molecule has 1 radical (unpaired) electrons. The van der Waals surface area contributed by atoms with Crippen molar-refractivity contribution in [3.05, 3.63) is 6.43 Å². The standard InChI is InChI=1S/C7H3F12/c1-3(10,11)5(14,15)7(18,19)6(16,17)4(12,13)2(8)9/h1H3. The van der Waals surface area contributed by atoms with Crippen LogP contribution in [0.4, 0.5) is 52.7 Å². The second-order valence-corrected chi connectivity index (χ2v) is 3.45. The van der Waals surface area contributed by atoms with Gasteiger partial charge in [-0.3, -0.25) is 0 Å². The van der Waals surface area contributed by atoms with Gasteiger partial charge in [0.05, 0.1) is 0 Å². The third-order valence-electron chi connectivity index (χ3n) is 1.97. The zero-order chi connectivity index (χ0) is 16.1. The van der Waals surface area contributed by atoms with Gasteiger partial charge in [-0.15, -0.1) is 0 Å². The van der Waals surface area contributed by atoms with Gasteiger partial charge in [-0.2, -0.15) is 52.7 Å². The van der Waals surface area contributed by atoms with Gasteiger partial charge in [0.1, 0.15) is 0 Å². The van der Waals surface area contributed by atoms with Crippen molar-refractivity contribution in [3.63, 3.8) is 0 Å². The topological polar surface area (TPSA) is 0 Å². The summed E-state index contributed by atoms with van der Waals surface area (Å²) in [6.45, 7) is -0.954. The van der Waals surface area contributed by atoms with Gasteiger partial charge in [0, 0.05) is 6.92 Å². The van der Waals surface area contributed by atoms with Crippen LogP contribution in [0.25, 0.3) is 0 Å². The molecule has 0 aliphatic heterocycles. The normalized spacial score (nSPS) is 16.1. The highest BCUT2D eigenvalue weighted by molar-refractivity contribution is 5.11. The van der Waals surface area contributed by atoms with Crippen molar-refractivity contribution < 1.29 is 52.7 Å². The Labute approximate surface area is 96.9 Å². The molecule has 0 bridgehead atoms. The van der Waals surface area contributed by atoms with Crippen LogP contribution in [0.2, 0.25) is 0 Å². The maximum absolute atomic E-state index is 12.5. The molecule has 0 fully saturated rings. The van der Waals surface area contributed by atoms with Crippen LogP contribution in [0.15, 0.2) is 0 Å². The summed E-state index contributed by atoms with van der Waals surface area (Å²) in [6.07, 6.45) is -4.62. The van der Waals surface area contributed by atoms with E-state index in [0.717, 1.165) is 0 Å². The molecule has 115 valence electrons. The zero-order valence-corrected chi connectivity index (χ0v) is 8.54. The molecular formula is C7H3F12. The van der Waals surface area contributed by atoms with E-state index in [1.165, 1.54) is 0 Å². The van der Waals surface area contributed by atoms with Crippen LogP contribution in [0.1, 0.15) is 6.92 Å². The average molecular weight is 315 g/mol. The Kier molecular flexibility index (Phi) is 4.14. The summed E-state index contributed by atoms with van der Waals surface area (Å²) >= 11 is 0. The third-order valence-corrected chi connectivity index (χ3v) is 1.97. The van der Waals surface area contributed by atoms with Crippen molar-refractivity contribution in [1.82, 2.24) is 0 Å². The summed E-state index contributed by atoms with van der Waals surface area (Å²) in [5.74, 6) is -34.7. The Balaban J connectivity index is 5.92.